The summed E-state index contributed by atoms with van der Waals surface area (Å²) in [5.41, 5.74) is 3.24. The van der Waals surface area contributed by atoms with Gasteiger partial charge in [-0.25, -0.2) is 4.99 Å². The minimum absolute atomic E-state index is 0.156. The lowest BCUT2D eigenvalue weighted by molar-refractivity contribution is -0.119. The first kappa shape index (κ1) is 20.8. The number of halogens is 1. The zero-order valence-electron chi connectivity index (χ0n) is 17.1. The van der Waals surface area contributed by atoms with Crippen LogP contribution in [0.1, 0.15) is 30.9 Å². The Morgan fingerprint density at radius 3 is 2.73 bits per heavy atom. The van der Waals surface area contributed by atoms with Crippen LogP contribution >= 0.6 is 23.8 Å². The maximum Gasteiger partial charge on any atom is 0.272 e. The van der Waals surface area contributed by atoms with Gasteiger partial charge in [-0.3, -0.25) is 4.79 Å². The van der Waals surface area contributed by atoms with Gasteiger partial charge in [0.15, 0.2) is 5.11 Å². The maximum absolute atomic E-state index is 13.3. The van der Waals surface area contributed by atoms with Gasteiger partial charge in [0.2, 0.25) is 6.17 Å². The van der Waals surface area contributed by atoms with Gasteiger partial charge in [-0.2, -0.15) is 0 Å². The van der Waals surface area contributed by atoms with Crippen LogP contribution in [0.2, 0.25) is 5.02 Å². The summed E-state index contributed by atoms with van der Waals surface area (Å²) in [7, 11) is 1.76. The van der Waals surface area contributed by atoms with Gasteiger partial charge in [0.05, 0.1) is 11.4 Å². The lowest BCUT2D eigenvalue weighted by Crippen LogP contribution is -2.52. The number of aliphatic imine (C=N–C) groups is 1. The summed E-state index contributed by atoms with van der Waals surface area (Å²) >= 11 is 12.0. The highest BCUT2D eigenvalue weighted by Gasteiger charge is 2.31. The van der Waals surface area contributed by atoms with Crippen LogP contribution in [0.5, 0.6) is 0 Å². The van der Waals surface area contributed by atoms with Crippen LogP contribution in [0.3, 0.4) is 0 Å². The number of amides is 1. The number of carbonyl (C=O) groups is 1. The Morgan fingerprint density at radius 1 is 1.23 bits per heavy atom. The molecule has 1 fully saturated rings. The fraction of sp³-hybridized carbons (Fsp3) is 0.348. The number of piperidine rings is 1. The van der Waals surface area contributed by atoms with Crippen LogP contribution in [-0.4, -0.2) is 47.9 Å². The molecule has 2 aromatic carbocycles. The maximum atomic E-state index is 13.3. The Labute approximate surface area is 187 Å². The second-order valence-corrected chi connectivity index (χ2v) is 8.77. The number of likely N-dealkylation sites (N-methyl/N-ethyl adjacent to an activating group) is 1. The van der Waals surface area contributed by atoms with E-state index in [1.807, 2.05) is 42.5 Å². The molecule has 30 heavy (non-hydrogen) atoms. The SMILES string of the molecule is CC1CCCN(C(=S)NC2N=C(c3ccccc3)c3cc(Cl)ccc3N(C)C2=O)C1. The number of anilines is 1. The standard InChI is InChI=1S/C23H25ClN4OS/c1-15-7-6-12-28(14-15)23(30)26-21-22(29)27(2)19-11-10-17(24)13-18(19)20(25-21)16-8-4-3-5-9-16/h3-5,8-11,13,15,21H,6-7,12,14H2,1-2H3,(H,26,30). The van der Waals surface area contributed by atoms with Gasteiger partial charge >= 0.3 is 0 Å². The van der Waals surface area contributed by atoms with Crippen LogP contribution in [0.4, 0.5) is 5.69 Å². The number of fused-ring (bicyclic) bond motifs is 1. The molecule has 2 atom stereocenters. The van der Waals surface area contributed by atoms with Crippen molar-refractivity contribution >= 4 is 46.2 Å². The molecule has 1 N–H and O–H groups in total. The molecule has 1 saturated heterocycles. The summed E-state index contributed by atoms with van der Waals surface area (Å²) in [6.07, 6.45) is 1.50. The average Bonchev–Trinajstić information content (AvgIpc) is 2.84. The number of benzene rings is 2. The minimum atomic E-state index is -0.805. The molecule has 0 spiro atoms. The molecule has 0 radical (unpaired) electrons. The Bertz CT molecular complexity index is 994. The lowest BCUT2D eigenvalue weighted by atomic mass is 10.0. The Balaban J connectivity index is 1.73. The van der Waals surface area contributed by atoms with Crippen molar-refractivity contribution in [1.82, 2.24) is 10.2 Å². The number of benzodiazepines with no additional fused rings is 1. The van der Waals surface area contributed by atoms with E-state index in [1.54, 1.807) is 18.0 Å². The molecule has 1 amide bonds. The van der Waals surface area contributed by atoms with Gasteiger partial charge in [-0.15, -0.1) is 0 Å². The third kappa shape index (κ3) is 4.20. The van der Waals surface area contributed by atoms with E-state index in [0.717, 1.165) is 42.0 Å². The topological polar surface area (TPSA) is 47.9 Å². The van der Waals surface area contributed by atoms with Crippen molar-refractivity contribution in [2.45, 2.75) is 25.9 Å². The summed E-state index contributed by atoms with van der Waals surface area (Å²) in [6.45, 7) is 4.02. The van der Waals surface area contributed by atoms with Crippen LogP contribution in [-0.2, 0) is 4.79 Å². The fourth-order valence-electron chi connectivity index (χ4n) is 4.05. The molecule has 2 unspecified atom stereocenters. The third-order valence-electron chi connectivity index (χ3n) is 5.65. The second-order valence-electron chi connectivity index (χ2n) is 7.95. The van der Waals surface area contributed by atoms with Crippen LogP contribution in [0, 0.1) is 5.92 Å². The normalized spacial score (nSPS) is 21.6. The Hall–Kier alpha value is -2.44. The summed E-state index contributed by atoms with van der Waals surface area (Å²) in [4.78, 5) is 21.9. The number of rotatable bonds is 2. The highest BCUT2D eigenvalue weighted by Crippen LogP contribution is 2.30. The quantitative estimate of drug-likeness (QED) is 0.714. The van der Waals surface area contributed by atoms with Crippen molar-refractivity contribution in [3.8, 4) is 0 Å². The molecule has 7 heteroatoms. The van der Waals surface area contributed by atoms with Gasteiger partial charge in [0.25, 0.3) is 5.91 Å². The van der Waals surface area contributed by atoms with Crippen molar-refractivity contribution in [3.63, 3.8) is 0 Å². The number of carbonyl (C=O) groups excluding carboxylic acids is 1. The summed E-state index contributed by atoms with van der Waals surface area (Å²) < 4.78 is 0. The molecule has 0 aromatic heterocycles. The molecular formula is C23H25ClN4OS. The summed E-state index contributed by atoms with van der Waals surface area (Å²) in [5.74, 6) is 0.428. The smallest absolute Gasteiger partial charge is 0.272 e. The molecular weight excluding hydrogens is 416 g/mol. The first-order valence-electron chi connectivity index (χ1n) is 10.2. The van der Waals surface area contributed by atoms with E-state index in [9.17, 15) is 4.79 Å². The molecule has 0 aliphatic carbocycles. The number of thiocarbonyl (C=S) groups is 1. The first-order chi connectivity index (χ1) is 14.4. The lowest BCUT2D eigenvalue weighted by Gasteiger charge is -2.34. The van der Waals surface area contributed by atoms with Crippen LogP contribution in [0.15, 0.2) is 53.5 Å². The zero-order chi connectivity index (χ0) is 21.3. The molecule has 4 rings (SSSR count). The number of nitrogens with one attached hydrogen (secondary N) is 1. The fourth-order valence-corrected chi connectivity index (χ4v) is 4.50. The monoisotopic (exact) mass is 440 g/mol. The van der Waals surface area contributed by atoms with Crippen molar-refractivity contribution in [2.24, 2.45) is 10.9 Å². The van der Waals surface area contributed by atoms with Gasteiger partial charge in [0, 0.05) is 36.3 Å². The minimum Gasteiger partial charge on any atom is -0.349 e. The van der Waals surface area contributed by atoms with E-state index < -0.39 is 6.17 Å². The predicted molar refractivity (Wildman–Crippen MR) is 126 cm³/mol. The Morgan fingerprint density at radius 2 is 2.00 bits per heavy atom. The van der Waals surface area contributed by atoms with Gasteiger partial charge in [-0.1, -0.05) is 48.9 Å². The second kappa shape index (κ2) is 8.74. The zero-order valence-corrected chi connectivity index (χ0v) is 18.7. The number of hydrogen-bond acceptors (Lipinski definition) is 3. The predicted octanol–water partition coefficient (Wildman–Crippen LogP) is 4.09. The van der Waals surface area contributed by atoms with E-state index >= 15 is 0 Å². The molecule has 0 saturated carbocycles. The number of nitrogens with zero attached hydrogens (tertiary/aromatic N) is 3. The molecule has 2 aliphatic rings. The molecule has 2 heterocycles. The van der Waals surface area contributed by atoms with E-state index in [1.165, 1.54) is 6.42 Å². The average molecular weight is 441 g/mol. The van der Waals surface area contributed by atoms with E-state index in [0.29, 0.717) is 16.1 Å². The summed E-state index contributed by atoms with van der Waals surface area (Å²) in [6, 6.07) is 15.4. The molecule has 0 bridgehead atoms. The number of likely N-dealkylation sites (tertiary alicyclic amines) is 1. The first-order valence-corrected chi connectivity index (χ1v) is 11.0. The van der Waals surface area contributed by atoms with E-state index in [4.69, 9.17) is 28.8 Å². The third-order valence-corrected chi connectivity index (χ3v) is 6.26. The van der Waals surface area contributed by atoms with E-state index in [2.05, 4.69) is 17.1 Å². The highest BCUT2D eigenvalue weighted by atomic mass is 35.5. The van der Waals surface area contributed by atoms with Crippen LogP contribution < -0.4 is 10.2 Å². The van der Waals surface area contributed by atoms with Gasteiger partial charge in [0.1, 0.15) is 0 Å². The Kier molecular flexibility index (Phi) is 6.06. The van der Waals surface area contributed by atoms with E-state index in [-0.39, 0.29) is 5.91 Å². The van der Waals surface area contributed by atoms with Gasteiger partial charge < -0.3 is 15.1 Å². The molecule has 2 aliphatic heterocycles. The van der Waals surface area contributed by atoms with Crippen LogP contribution in [0.25, 0.3) is 0 Å². The van der Waals surface area contributed by atoms with Crippen molar-refractivity contribution < 1.29 is 4.79 Å². The number of hydrogen-bond donors (Lipinski definition) is 1. The molecule has 156 valence electrons. The summed E-state index contributed by atoms with van der Waals surface area (Å²) in [5, 5.41) is 4.40. The van der Waals surface area contributed by atoms with Crippen molar-refractivity contribution in [1.29, 1.82) is 0 Å². The van der Waals surface area contributed by atoms with Crippen molar-refractivity contribution in [3.05, 3.63) is 64.7 Å². The largest absolute Gasteiger partial charge is 0.349 e. The van der Waals surface area contributed by atoms with Crippen molar-refractivity contribution in [2.75, 3.05) is 25.0 Å². The highest BCUT2D eigenvalue weighted by molar-refractivity contribution is 7.80. The molecule has 5 nitrogen and oxygen atoms in total. The van der Waals surface area contributed by atoms with Gasteiger partial charge in [-0.05, 0) is 49.2 Å². The molecule has 2 aromatic rings.